The summed E-state index contributed by atoms with van der Waals surface area (Å²) in [5.74, 6) is 0.129. The van der Waals surface area contributed by atoms with E-state index in [2.05, 4.69) is 36.7 Å². The fourth-order valence-corrected chi connectivity index (χ4v) is 2.92. The lowest BCUT2D eigenvalue weighted by Crippen LogP contribution is -2.25. The van der Waals surface area contributed by atoms with Crippen LogP contribution in [0.5, 0.6) is 0 Å². The number of carbonyl (C=O) groups excluding carboxylic acids is 1. The molecule has 1 unspecified atom stereocenters. The van der Waals surface area contributed by atoms with Gasteiger partial charge in [-0.1, -0.05) is 15.9 Å². The predicted molar refractivity (Wildman–Crippen MR) is 93.3 cm³/mol. The van der Waals surface area contributed by atoms with E-state index in [1.54, 1.807) is 18.4 Å². The summed E-state index contributed by atoms with van der Waals surface area (Å²) in [6.07, 6.45) is 0. The summed E-state index contributed by atoms with van der Waals surface area (Å²) in [5, 5.41) is 26.2. The number of amides is 1. The van der Waals surface area contributed by atoms with Crippen LogP contribution in [0.1, 0.15) is 18.5 Å². The zero-order valence-corrected chi connectivity index (χ0v) is 14.9. The molecule has 1 amide bonds. The van der Waals surface area contributed by atoms with E-state index in [4.69, 9.17) is 5.26 Å². The monoisotopic (exact) mass is 402 g/mol. The molecular weight excluding hydrogens is 392 g/mol. The largest absolute Gasteiger partial charge is 0.315 e. The maximum atomic E-state index is 12.3. The lowest BCUT2D eigenvalue weighted by molar-refractivity contribution is -0.119. The molecule has 2 aromatic heterocycles. The summed E-state index contributed by atoms with van der Waals surface area (Å²) < 4.78 is 0.954. The van der Waals surface area contributed by atoms with Crippen LogP contribution in [0.15, 0.2) is 40.2 Å². The molecule has 0 radical (unpaired) electrons. The summed E-state index contributed by atoms with van der Waals surface area (Å²) in [6, 6.07) is 10.5. The van der Waals surface area contributed by atoms with Crippen LogP contribution >= 0.6 is 27.3 Å². The highest BCUT2D eigenvalue weighted by atomic mass is 79.9. The standard InChI is InChI=1S/C15H11BrN6OS/c1-9(14(23)18-15-11(8-17)6-7-24-15)22-20-13(19-21-22)10-2-4-12(16)5-3-10/h2-7,9H,1H3,(H,18,23). The van der Waals surface area contributed by atoms with Gasteiger partial charge in [0.2, 0.25) is 5.82 Å². The zero-order chi connectivity index (χ0) is 17.1. The van der Waals surface area contributed by atoms with Gasteiger partial charge in [-0.05, 0) is 47.8 Å². The number of thiophene rings is 1. The van der Waals surface area contributed by atoms with Crippen molar-refractivity contribution < 1.29 is 4.79 Å². The number of nitrogens with one attached hydrogen (secondary N) is 1. The Balaban J connectivity index is 1.76. The van der Waals surface area contributed by atoms with Crippen molar-refractivity contribution in [3.05, 3.63) is 45.7 Å². The van der Waals surface area contributed by atoms with Crippen molar-refractivity contribution in [3.8, 4) is 17.5 Å². The number of hydrogen-bond acceptors (Lipinski definition) is 6. The van der Waals surface area contributed by atoms with Gasteiger partial charge < -0.3 is 5.32 Å². The summed E-state index contributed by atoms with van der Waals surface area (Å²) >= 11 is 4.66. The summed E-state index contributed by atoms with van der Waals surface area (Å²) in [6.45, 7) is 1.67. The first-order chi connectivity index (χ1) is 11.6. The molecular formula is C15H11BrN6OS. The van der Waals surface area contributed by atoms with Crippen molar-refractivity contribution in [2.24, 2.45) is 0 Å². The van der Waals surface area contributed by atoms with Gasteiger partial charge in [0.1, 0.15) is 17.1 Å². The molecule has 2 heterocycles. The van der Waals surface area contributed by atoms with E-state index in [0.29, 0.717) is 16.4 Å². The summed E-state index contributed by atoms with van der Waals surface area (Å²) in [7, 11) is 0. The predicted octanol–water partition coefficient (Wildman–Crippen LogP) is 3.24. The second-order valence-corrected chi connectivity index (χ2v) is 6.71. The molecule has 3 aromatic rings. The average Bonchev–Trinajstić information content (AvgIpc) is 3.24. The quantitative estimate of drug-likeness (QED) is 0.722. The molecule has 0 bridgehead atoms. The number of rotatable bonds is 4. The smallest absolute Gasteiger partial charge is 0.251 e. The van der Waals surface area contributed by atoms with Gasteiger partial charge in [-0.15, -0.1) is 21.5 Å². The summed E-state index contributed by atoms with van der Waals surface area (Å²) in [4.78, 5) is 13.6. The number of benzene rings is 1. The van der Waals surface area contributed by atoms with Crippen LogP contribution in [0.4, 0.5) is 5.00 Å². The molecule has 0 aliphatic carbocycles. The minimum atomic E-state index is -0.657. The van der Waals surface area contributed by atoms with E-state index in [1.165, 1.54) is 16.1 Å². The molecule has 0 aliphatic rings. The van der Waals surface area contributed by atoms with Crippen molar-refractivity contribution in [2.45, 2.75) is 13.0 Å². The van der Waals surface area contributed by atoms with E-state index in [1.807, 2.05) is 30.3 Å². The Morgan fingerprint density at radius 1 is 1.38 bits per heavy atom. The van der Waals surface area contributed by atoms with Crippen LogP contribution < -0.4 is 5.32 Å². The minimum Gasteiger partial charge on any atom is -0.315 e. The molecule has 0 saturated carbocycles. The van der Waals surface area contributed by atoms with Crippen molar-refractivity contribution in [3.63, 3.8) is 0 Å². The Morgan fingerprint density at radius 2 is 2.12 bits per heavy atom. The SMILES string of the molecule is CC(C(=O)Nc1sccc1C#N)n1nnc(-c2ccc(Br)cc2)n1. The number of nitriles is 1. The van der Waals surface area contributed by atoms with Gasteiger partial charge in [-0.2, -0.15) is 10.1 Å². The maximum Gasteiger partial charge on any atom is 0.251 e. The topological polar surface area (TPSA) is 96.5 Å². The Labute approximate surface area is 150 Å². The third-order valence-electron chi connectivity index (χ3n) is 3.28. The number of nitrogens with zero attached hydrogens (tertiary/aromatic N) is 5. The molecule has 0 spiro atoms. The second kappa shape index (κ2) is 6.90. The third-order valence-corrected chi connectivity index (χ3v) is 4.64. The minimum absolute atomic E-state index is 0.311. The highest BCUT2D eigenvalue weighted by molar-refractivity contribution is 9.10. The van der Waals surface area contributed by atoms with Crippen molar-refractivity contribution in [2.75, 3.05) is 5.32 Å². The van der Waals surface area contributed by atoms with Gasteiger partial charge >= 0.3 is 0 Å². The second-order valence-electron chi connectivity index (χ2n) is 4.88. The molecule has 0 aliphatic heterocycles. The number of carbonyl (C=O) groups is 1. The highest BCUT2D eigenvalue weighted by Gasteiger charge is 2.20. The fraction of sp³-hybridized carbons (Fsp3) is 0.133. The van der Waals surface area contributed by atoms with Crippen LogP contribution in [-0.2, 0) is 4.79 Å². The van der Waals surface area contributed by atoms with Crippen LogP contribution in [0.3, 0.4) is 0 Å². The van der Waals surface area contributed by atoms with Gasteiger partial charge in [0.15, 0.2) is 0 Å². The molecule has 0 fully saturated rings. The van der Waals surface area contributed by atoms with Crippen molar-refractivity contribution >= 4 is 38.2 Å². The van der Waals surface area contributed by atoms with Crippen molar-refractivity contribution in [1.29, 1.82) is 5.26 Å². The molecule has 0 saturated heterocycles. The number of anilines is 1. The highest BCUT2D eigenvalue weighted by Crippen LogP contribution is 2.23. The number of halogens is 1. The molecule has 24 heavy (non-hydrogen) atoms. The molecule has 9 heteroatoms. The zero-order valence-electron chi connectivity index (χ0n) is 12.5. The van der Waals surface area contributed by atoms with Crippen LogP contribution in [0.2, 0.25) is 0 Å². The third kappa shape index (κ3) is 3.34. The molecule has 1 N–H and O–H groups in total. The molecule has 120 valence electrons. The van der Waals surface area contributed by atoms with Gasteiger partial charge in [0.05, 0.1) is 5.56 Å². The van der Waals surface area contributed by atoms with E-state index >= 15 is 0 Å². The number of hydrogen-bond donors (Lipinski definition) is 1. The Hall–Kier alpha value is -2.57. The Morgan fingerprint density at radius 3 is 2.83 bits per heavy atom. The van der Waals surface area contributed by atoms with Crippen LogP contribution in [0, 0.1) is 11.3 Å². The van der Waals surface area contributed by atoms with Gasteiger partial charge in [0, 0.05) is 10.0 Å². The molecule has 7 nitrogen and oxygen atoms in total. The van der Waals surface area contributed by atoms with Crippen LogP contribution in [-0.4, -0.2) is 26.1 Å². The van der Waals surface area contributed by atoms with E-state index in [-0.39, 0.29) is 5.91 Å². The van der Waals surface area contributed by atoms with Crippen molar-refractivity contribution in [1.82, 2.24) is 20.2 Å². The normalized spacial score (nSPS) is 11.7. The van der Waals surface area contributed by atoms with E-state index in [0.717, 1.165) is 10.0 Å². The number of tetrazole rings is 1. The average molecular weight is 403 g/mol. The fourth-order valence-electron chi connectivity index (χ4n) is 1.92. The first-order valence-corrected chi connectivity index (χ1v) is 8.59. The van der Waals surface area contributed by atoms with Gasteiger partial charge in [0.25, 0.3) is 5.91 Å². The van der Waals surface area contributed by atoms with Gasteiger partial charge in [-0.25, -0.2) is 0 Å². The number of aromatic nitrogens is 4. The van der Waals surface area contributed by atoms with Gasteiger partial charge in [-0.3, -0.25) is 4.79 Å². The molecule has 3 rings (SSSR count). The van der Waals surface area contributed by atoms with E-state index < -0.39 is 6.04 Å². The first kappa shape index (κ1) is 16.3. The lowest BCUT2D eigenvalue weighted by Gasteiger charge is -2.09. The first-order valence-electron chi connectivity index (χ1n) is 6.92. The maximum absolute atomic E-state index is 12.3. The lowest BCUT2D eigenvalue weighted by atomic mass is 10.2. The molecule has 1 aromatic carbocycles. The van der Waals surface area contributed by atoms with E-state index in [9.17, 15) is 4.79 Å². The molecule has 1 atom stereocenters. The Bertz CT molecular complexity index is 911. The summed E-state index contributed by atoms with van der Waals surface area (Å²) in [5.41, 5.74) is 1.24. The Kier molecular flexibility index (Phi) is 4.69. The van der Waals surface area contributed by atoms with Crippen LogP contribution in [0.25, 0.3) is 11.4 Å².